The Morgan fingerprint density at radius 3 is 2.26 bits per heavy atom. The Labute approximate surface area is 180 Å². The van der Waals surface area contributed by atoms with Gasteiger partial charge in [0.05, 0.1) is 23.0 Å². The fourth-order valence-corrected chi connectivity index (χ4v) is 5.12. The molecule has 0 aromatic heterocycles. The summed E-state index contributed by atoms with van der Waals surface area (Å²) in [6.07, 6.45) is 0. The van der Waals surface area contributed by atoms with Crippen molar-refractivity contribution in [2.45, 2.75) is 6.92 Å². The Hall–Kier alpha value is -3.65. The second kappa shape index (κ2) is 8.23. The highest BCUT2D eigenvalue weighted by atomic mass is 32.2. The maximum atomic E-state index is 12.7. The molecule has 2 amide bonds. The average Bonchev–Trinajstić information content (AvgIpc) is 2.96. The lowest BCUT2D eigenvalue weighted by molar-refractivity contribution is -0.119. The number of nitrogens with zero attached hydrogens (tertiary/aromatic N) is 1. The number of sulfonamides is 1. The van der Waals surface area contributed by atoms with E-state index in [0.29, 0.717) is 22.7 Å². The number of hydrogen-bond donors (Lipinski definition) is 1. The van der Waals surface area contributed by atoms with Crippen LogP contribution in [0.3, 0.4) is 0 Å². The topological polar surface area (TPSA) is 92.8 Å². The van der Waals surface area contributed by atoms with Crippen molar-refractivity contribution in [3.05, 3.63) is 84.4 Å². The van der Waals surface area contributed by atoms with Gasteiger partial charge in [0.15, 0.2) is 5.75 Å². The molecule has 4 rings (SSSR count). The number of carbonyl (C=O) groups excluding carboxylic acids is 2. The van der Waals surface area contributed by atoms with E-state index in [9.17, 15) is 18.0 Å². The van der Waals surface area contributed by atoms with Crippen LogP contribution in [0.2, 0.25) is 0 Å². The van der Waals surface area contributed by atoms with E-state index < -0.39 is 21.8 Å². The second-order valence-corrected chi connectivity index (χ2v) is 9.06. The third-order valence-electron chi connectivity index (χ3n) is 4.83. The largest absolute Gasteiger partial charge is 0.455 e. The van der Waals surface area contributed by atoms with Crippen molar-refractivity contribution in [2.75, 3.05) is 15.4 Å². The minimum absolute atomic E-state index is 0.216. The van der Waals surface area contributed by atoms with Crippen LogP contribution in [0.15, 0.2) is 78.9 Å². The predicted octanol–water partition coefficient (Wildman–Crippen LogP) is 4.04. The molecule has 0 aliphatic carbocycles. The van der Waals surface area contributed by atoms with Crippen LogP contribution in [-0.2, 0) is 14.8 Å². The lowest BCUT2D eigenvalue weighted by Crippen LogP contribution is -2.30. The third-order valence-corrected chi connectivity index (χ3v) is 6.70. The van der Waals surface area contributed by atoms with Gasteiger partial charge in [-0.15, -0.1) is 0 Å². The molecule has 0 spiro atoms. The molecule has 1 aliphatic heterocycles. The molecule has 0 saturated carbocycles. The van der Waals surface area contributed by atoms with Crippen molar-refractivity contribution in [2.24, 2.45) is 5.92 Å². The molecule has 7 nitrogen and oxygen atoms in total. The Kier molecular flexibility index (Phi) is 5.48. The summed E-state index contributed by atoms with van der Waals surface area (Å²) >= 11 is 0. The third kappa shape index (κ3) is 4.29. The first kappa shape index (κ1) is 20.6. The smallest absolute Gasteiger partial charge is 0.255 e. The van der Waals surface area contributed by atoms with Gasteiger partial charge in [-0.25, -0.2) is 12.7 Å². The van der Waals surface area contributed by atoms with E-state index in [0.717, 1.165) is 4.31 Å². The number of rotatable bonds is 5. The Balaban J connectivity index is 1.52. The molecule has 3 aromatic rings. The number of para-hydroxylation sites is 3. The van der Waals surface area contributed by atoms with Gasteiger partial charge in [0.2, 0.25) is 15.9 Å². The van der Waals surface area contributed by atoms with E-state index in [1.807, 2.05) is 30.3 Å². The van der Waals surface area contributed by atoms with Gasteiger partial charge in [0.1, 0.15) is 5.75 Å². The summed E-state index contributed by atoms with van der Waals surface area (Å²) in [5.41, 5.74) is 1.03. The fraction of sp³-hybridized carbons (Fsp3) is 0.130. The number of ether oxygens (including phenoxy) is 1. The number of carbonyl (C=O) groups is 2. The highest BCUT2D eigenvalue weighted by Gasteiger charge is 2.41. The fourth-order valence-electron chi connectivity index (χ4n) is 3.30. The minimum Gasteiger partial charge on any atom is -0.455 e. The van der Waals surface area contributed by atoms with E-state index in [-0.39, 0.29) is 17.3 Å². The van der Waals surface area contributed by atoms with Gasteiger partial charge in [0, 0.05) is 5.56 Å². The highest BCUT2D eigenvalue weighted by molar-refractivity contribution is 7.94. The van der Waals surface area contributed by atoms with Crippen LogP contribution in [0.4, 0.5) is 11.4 Å². The van der Waals surface area contributed by atoms with Crippen LogP contribution < -0.4 is 14.4 Å². The first-order valence-corrected chi connectivity index (χ1v) is 11.3. The molecule has 0 radical (unpaired) electrons. The molecule has 158 valence electrons. The first-order valence-electron chi connectivity index (χ1n) is 9.65. The Morgan fingerprint density at radius 2 is 1.61 bits per heavy atom. The average molecular weight is 436 g/mol. The summed E-state index contributed by atoms with van der Waals surface area (Å²) in [6.45, 7) is 1.58. The second-order valence-electron chi connectivity index (χ2n) is 7.19. The van der Waals surface area contributed by atoms with Crippen molar-refractivity contribution in [3.63, 3.8) is 0 Å². The summed E-state index contributed by atoms with van der Waals surface area (Å²) in [5, 5.41) is 2.81. The standard InChI is InChI=1S/C23H20N2O5S/c1-16-15-31(28,29)25(23(16)27)18-13-11-17(12-14-18)22(26)24-20-9-5-6-10-21(20)30-19-7-3-2-4-8-19/h2-14,16H,15H2,1H3,(H,24,26)/t16-/m1/s1. The SMILES string of the molecule is C[C@@H]1CS(=O)(=O)N(c2ccc(C(=O)Nc3ccccc3Oc3ccccc3)cc2)C1=O. The molecule has 8 heteroatoms. The molecule has 0 unspecified atom stereocenters. The summed E-state index contributed by atoms with van der Waals surface area (Å²) < 4.78 is 31.1. The van der Waals surface area contributed by atoms with Crippen molar-refractivity contribution in [1.29, 1.82) is 0 Å². The molecule has 1 N–H and O–H groups in total. The molecule has 1 aliphatic rings. The number of hydrogen-bond acceptors (Lipinski definition) is 5. The van der Waals surface area contributed by atoms with Crippen LogP contribution in [0.5, 0.6) is 11.5 Å². The molecule has 1 heterocycles. The van der Waals surface area contributed by atoms with Crippen LogP contribution in [-0.4, -0.2) is 26.0 Å². The van der Waals surface area contributed by atoms with Gasteiger partial charge < -0.3 is 10.1 Å². The zero-order valence-electron chi connectivity index (χ0n) is 16.7. The van der Waals surface area contributed by atoms with Gasteiger partial charge in [-0.3, -0.25) is 9.59 Å². The van der Waals surface area contributed by atoms with Crippen molar-refractivity contribution in [1.82, 2.24) is 0 Å². The highest BCUT2D eigenvalue weighted by Crippen LogP contribution is 2.31. The van der Waals surface area contributed by atoms with Crippen molar-refractivity contribution < 1.29 is 22.7 Å². The van der Waals surface area contributed by atoms with Crippen molar-refractivity contribution >= 4 is 33.2 Å². The van der Waals surface area contributed by atoms with Crippen LogP contribution >= 0.6 is 0 Å². The predicted molar refractivity (Wildman–Crippen MR) is 118 cm³/mol. The van der Waals surface area contributed by atoms with Crippen molar-refractivity contribution in [3.8, 4) is 11.5 Å². The maximum absolute atomic E-state index is 12.7. The molecule has 3 aromatic carbocycles. The molecule has 1 fully saturated rings. The van der Waals surface area contributed by atoms with E-state index in [1.54, 1.807) is 31.2 Å². The van der Waals surface area contributed by atoms with E-state index >= 15 is 0 Å². The number of amides is 2. The van der Waals surface area contributed by atoms with Gasteiger partial charge >= 0.3 is 0 Å². The van der Waals surface area contributed by atoms with Gasteiger partial charge in [-0.05, 0) is 48.5 Å². The molecule has 31 heavy (non-hydrogen) atoms. The summed E-state index contributed by atoms with van der Waals surface area (Å²) in [7, 11) is -3.69. The maximum Gasteiger partial charge on any atom is 0.255 e. The first-order chi connectivity index (χ1) is 14.8. The summed E-state index contributed by atoms with van der Waals surface area (Å²) in [6, 6.07) is 22.1. The molecule has 1 atom stereocenters. The Morgan fingerprint density at radius 1 is 0.968 bits per heavy atom. The number of anilines is 2. The van der Waals surface area contributed by atoms with E-state index in [1.165, 1.54) is 24.3 Å². The quantitative estimate of drug-likeness (QED) is 0.652. The molecule has 0 bridgehead atoms. The lowest BCUT2D eigenvalue weighted by Gasteiger charge is -2.16. The van der Waals surface area contributed by atoms with Gasteiger partial charge in [0.25, 0.3) is 5.91 Å². The number of benzene rings is 3. The zero-order valence-corrected chi connectivity index (χ0v) is 17.5. The monoisotopic (exact) mass is 436 g/mol. The van der Waals surface area contributed by atoms with E-state index in [2.05, 4.69) is 5.32 Å². The normalized spacial score (nSPS) is 17.4. The minimum atomic E-state index is -3.69. The van der Waals surface area contributed by atoms with Crippen LogP contribution in [0.1, 0.15) is 17.3 Å². The zero-order chi connectivity index (χ0) is 22.0. The molecular formula is C23H20N2O5S. The summed E-state index contributed by atoms with van der Waals surface area (Å²) in [4.78, 5) is 25.0. The number of nitrogens with one attached hydrogen (secondary N) is 1. The van der Waals surface area contributed by atoms with Crippen LogP contribution in [0, 0.1) is 5.92 Å². The Bertz CT molecular complexity index is 1220. The van der Waals surface area contributed by atoms with Crippen LogP contribution in [0.25, 0.3) is 0 Å². The molecule has 1 saturated heterocycles. The lowest BCUT2D eigenvalue weighted by atomic mass is 10.1. The van der Waals surface area contributed by atoms with E-state index in [4.69, 9.17) is 4.74 Å². The van der Waals surface area contributed by atoms with Gasteiger partial charge in [-0.2, -0.15) is 0 Å². The summed E-state index contributed by atoms with van der Waals surface area (Å²) in [5.74, 6) is -0.537. The van der Waals surface area contributed by atoms with Gasteiger partial charge in [-0.1, -0.05) is 37.3 Å². The molecular weight excluding hydrogens is 416 g/mol.